The molecule has 0 saturated heterocycles. The van der Waals surface area contributed by atoms with Crippen LogP contribution in [0, 0.1) is 13.8 Å². The van der Waals surface area contributed by atoms with E-state index in [0.717, 1.165) is 55.7 Å². The molecule has 0 spiro atoms. The Hall–Kier alpha value is -5.10. The SMILES string of the molecule is COc1ccc(-c2c(C)ccc3[cH-]c(-c4occ5ccccc45)cc23)cc1.COc1ccc(-c2c(C)ccc3[cH-]c(-c4occ5ccccc45)cc23)cc1.C[Si](C)=[Zr]([Cl])[Cl]. The number of aryl methyl sites for hydroxylation is 2. The Bertz CT molecular complexity index is 2910. The molecular formula is C52H44Cl2O4SiZr-2. The summed E-state index contributed by atoms with van der Waals surface area (Å²) in [5, 5.41) is 9.50. The van der Waals surface area contributed by atoms with Crippen molar-refractivity contribution >= 4 is 65.5 Å². The molecule has 0 aliphatic rings. The van der Waals surface area contributed by atoms with Crippen LogP contribution >= 0.6 is 17.0 Å². The van der Waals surface area contributed by atoms with Gasteiger partial charge in [0.05, 0.1) is 38.3 Å². The normalized spacial score (nSPS) is 11.0. The van der Waals surface area contributed by atoms with Gasteiger partial charge in [-0.05, 0) is 71.1 Å². The minimum absolute atomic E-state index is 0.224. The van der Waals surface area contributed by atoms with Gasteiger partial charge in [0, 0.05) is 10.8 Å². The average molecular weight is 923 g/mol. The number of ether oxygens (including phenoxy) is 2. The molecule has 60 heavy (non-hydrogen) atoms. The van der Waals surface area contributed by atoms with Gasteiger partial charge < -0.3 is 18.3 Å². The maximum absolute atomic E-state index is 5.92. The second kappa shape index (κ2) is 18.3. The van der Waals surface area contributed by atoms with E-state index in [2.05, 4.69) is 136 Å². The van der Waals surface area contributed by atoms with Crippen LogP contribution in [0.15, 0.2) is 167 Å². The third-order valence-corrected chi connectivity index (χ3v) is 30.6. The molecule has 0 saturated carbocycles. The Kier molecular flexibility index (Phi) is 12.7. The molecule has 2 heterocycles. The summed E-state index contributed by atoms with van der Waals surface area (Å²) in [6, 6.07) is 50.8. The predicted octanol–water partition coefficient (Wildman–Crippen LogP) is 16.1. The molecule has 0 amide bonds. The van der Waals surface area contributed by atoms with E-state index in [9.17, 15) is 0 Å². The Morgan fingerprint density at radius 2 is 0.900 bits per heavy atom. The van der Waals surface area contributed by atoms with Gasteiger partial charge in [-0.3, -0.25) is 0 Å². The zero-order valence-electron chi connectivity index (χ0n) is 34.4. The molecular weight excluding hydrogens is 879 g/mol. The molecule has 8 heteroatoms. The molecule has 8 aromatic carbocycles. The summed E-state index contributed by atoms with van der Waals surface area (Å²) in [6.45, 7) is 8.65. The first-order valence-electron chi connectivity index (χ1n) is 19.7. The topological polar surface area (TPSA) is 44.7 Å². The van der Waals surface area contributed by atoms with Crippen molar-refractivity contribution in [2.24, 2.45) is 0 Å². The van der Waals surface area contributed by atoms with Crippen LogP contribution in [0.1, 0.15) is 11.1 Å². The van der Waals surface area contributed by atoms with Crippen LogP contribution in [-0.2, 0) is 18.0 Å². The minimum atomic E-state index is -1.65. The van der Waals surface area contributed by atoms with E-state index in [1.165, 1.54) is 54.9 Å². The van der Waals surface area contributed by atoms with Gasteiger partial charge in [0.15, 0.2) is 0 Å². The zero-order chi connectivity index (χ0) is 41.9. The number of halogens is 2. The number of hydrogen-bond donors (Lipinski definition) is 0. The second-order valence-electron chi connectivity index (χ2n) is 15.0. The van der Waals surface area contributed by atoms with Crippen molar-refractivity contribution < 1.29 is 36.3 Å². The Balaban J connectivity index is 0.000000147. The summed E-state index contributed by atoms with van der Waals surface area (Å²) in [4.78, 5) is 0. The van der Waals surface area contributed by atoms with E-state index in [-0.39, 0.29) is 5.43 Å². The van der Waals surface area contributed by atoms with Crippen molar-refractivity contribution in [2.75, 3.05) is 14.2 Å². The molecule has 0 bridgehead atoms. The summed E-state index contributed by atoms with van der Waals surface area (Å²) in [6.07, 6.45) is 3.66. The number of hydrogen-bond acceptors (Lipinski definition) is 4. The fourth-order valence-corrected chi connectivity index (χ4v) is 7.76. The fraction of sp³-hybridized carbons (Fsp3) is 0.115. The van der Waals surface area contributed by atoms with Crippen LogP contribution in [0.2, 0.25) is 13.1 Å². The fourth-order valence-electron chi connectivity index (χ4n) is 7.76. The Morgan fingerprint density at radius 3 is 1.27 bits per heavy atom. The van der Waals surface area contributed by atoms with Gasteiger partial charge in [0.25, 0.3) is 0 Å². The number of fused-ring (bicyclic) bond motifs is 4. The van der Waals surface area contributed by atoms with Gasteiger partial charge in [-0.2, -0.15) is 0 Å². The number of methoxy groups -OCH3 is 2. The predicted molar refractivity (Wildman–Crippen MR) is 252 cm³/mol. The second-order valence-corrected chi connectivity index (χ2v) is 38.0. The third kappa shape index (κ3) is 8.58. The Morgan fingerprint density at radius 1 is 0.517 bits per heavy atom. The van der Waals surface area contributed by atoms with Crippen molar-refractivity contribution in [1.82, 2.24) is 0 Å². The standard InChI is InChI=1S/2C25H19O2.C2H6Si.2ClH.Zr/c2*1-16-7-8-18-13-20(25-22-6-4-3-5-19(22)15-27-25)14-23(18)24(16)17-9-11-21(26-2)12-10-17;1-3-2;;;/h2*3-15H,1-2H3;1-2H3;2*1H;/q2*-1;;;;+2/p-2. The molecule has 10 rings (SSSR count). The van der Waals surface area contributed by atoms with E-state index in [1.807, 2.05) is 48.9 Å². The molecule has 0 radical (unpaired) electrons. The van der Waals surface area contributed by atoms with Crippen LogP contribution < -0.4 is 9.47 Å². The van der Waals surface area contributed by atoms with E-state index >= 15 is 0 Å². The maximum atomic E-state index is 5.92. The zero-order valence-corrected chi connectivity index (χ0v) is 39.4. The van der Waals surface area contributed by atoms with Gasteiger partial charge in [0.1, 0.15) is 11.5 Å². The van der Waals surface area contributed by atoms with E-state index in [1.54, 1.807) is 14.2 Å². The van der Waals surface area contributed by atoms with Gasteiger partial charge in [0.2, 0.25) is 0 Å². The quantitative estimate of drug-likeness (QED) is 0.123. The Labute approximate surface area is 365 Å². The van der Waals surface area contributed by atoms with Gasteiger partial charge in [-0.15, -0.1) is 57.9 Å². The van der Waals surface area contributed by atoms with Crippen molar-refractivity contribution in [3.8, 4) is 56.4 Å². The summed E-state index contributed by atoms with van der Waals surface area (Å²) < 4.78 is 22.4. The molecule has 4 nitrogen and oxygen atoms in total. The summed E-state index contributed by atoms with van der Waals surface area (Å²) in [5.41, 5.74) is 9.44. The van der Waals surface area contributed by atoms with Crippen molar-refractivity contribution in [1.29, 1.82) is 0 Å². The van der Waals surface area contributed by atoms with E-state index in [0.29, 0.717) is 0 Å². The number of furan rings is 2. The van der Waals surface area contributed by atoms with Crippen LogP contribution in [0.4, 0.5) is 0 Å². The van der Waals surface area contributed by atoms with Crippen molar-refractivity contribution in [3.63, 3.8) is 0 Å². The monoisotopic (exact) mass is 920 g/mol. The van der Waals surface area contributed by atoms with Crippen LogP contribution in [-0.4, -0.2) is 19.7 Å². The van der Waals surface area contributed by atoms with Crippen molar-refractivity contribution in [2.45, 2.75) is 26.9 Å². The third-order valence-electron chi connectivity index (χ3n) is 10.9. The van der Waals surface area contributed by atoms with E-state index < -0.39 is 18.0 Å². The molecule has 2 aromatic heterocycles. The van der Waals surface area contributed by atoms with E-state index in [4.69, 9.17) is 35.3 Å². The first kappa shape index (κ1) is 41.6. The number of rotatable bonds is 6. The van der Waals surface area contributed by atoms with Crippen molar-refractivity contribution in [3.05, 3.63) is 169 Å². The molecule has 300 valence electrons. The molecule has 0 N–H and O–H groups in total. The molecule has 0 unspecified atom stereocenters. The number of benzene rings is 6. The van der Waals surface area contributed by atoms with Crippen LogP contribution in [0.3, 0.4) is 0 Å². The first-order chi connectivity index (χ1) is 29.1. The average Bonchev–Trinajstić information content (AvgIpc) is 4.09. The first-order valence-corrected chi connectivity index (χ1v) is 32.3. The summed E-state index contributed by atoms with van der Waals surface area (Å²) >= 11 is -1.65. The molecule has 0 fully saturated rings. The molecule has 0 aliphatic carbocycles. The molecule has 0 aliphatic heterocycles. The van der Waals surface area contributed by atoms with Gasteiger partial charge >= 0.3 is 53.5 Å². The van der Waals surface area contributed by atoms with Gasteiger partial charge in [-0.1, -0.05) is 107 Å². The molecule has 0 atom stereocenters. The molecule has 10 aromatic rings. The van der Waals surface area contributed by atoms with Gasteiger partial charge in [-0.25, -0.2) is 0 Å². The van der Waals surface area contributed by atoms with Crippen LogP contribution in [0.25, 0.3) is 88.0 Å². The summed E-state index contributed by atoms with van der Waals surface area (Å²) in [5.74, 6) is 3.60. The summed E-state index contributed by atoms with van der Waals surface area (Å²) in [7, 11) is 14.6. The van der Waals surface area contributed by atoms with Crippen LogP contribution in [0.5, 0.6) is 11.5 Å².